The standard InChI is InChI=1S/C32H31N7O3/c1-38-13-15-39(16-14-38)32(42)20-5-6-23-27(17-20)36-29-24(30(34)40)8-7-22(28(23)29)21-3-2-4-26(25(21)18-33)37-31(41)19-9-11-35-12-10-19/h2-12,17,36H,13-16,18,33H2,1H3,(H2,34,40)(H,37,41). The molecule has 0 unspecified atom stereocenters. The van der Waals surface area contributed by atoms with Gasteiger partial charge in [0.15, 0.2) is 0 Å². The summed E-state index contributed by atoms with van der Waals surface area (Å²) in [6, 6.07) is 18.0. The highest BCUT2D eigenvalue weighted by atomic mass is 16.2. The molecule has 1 aliphatic rings. The predicted octanol–water partition coefficient (Wildman–Crippen LogP) is 3.58. The van der Waals surface area contributed by atoms with Gasteiger partial charge in [-0.3, -0.25) is 19.4 Å². The lowest BCUT2D eigenvalue weighted by atomic mass is 9.92. The smallest absolute Gasteiger partial charge is 0.255 e. The summed E-state index contributed by atoms with van der Waals surface area (Å²) < 4.78 is 0. The average molecular weight is 562 g/mol. The molecule has 6 N–H and O–H groups in total. The number of nitrogens with one attached hydrogen (secondary N) is 2. The minimum Gasteiger partial charge on any atom is -0.366 e. The van der Waals surface area contributed by atoms with E-state index in [1.807, 2.05) is 54.4 Å². The third-order valence-corrected chi connectivity index (χ3v) is 7.92. The van der Waals surface area contributed by atoms with Crippen molar-refractivity contribution in [2.75, 3.05) is 38.5 Å². The molecule has 1 fully saturated rings. The van der Waals surface area contributed by atoms with Crippen molar-refractivity contribution in [3.05, 3.63) is 95.3 Å². The molecule has 1 saturated heterocycles. The number of primary amides is 1. The highest BCUT2D eigenvalue weighted by Gasteiger charge is 2.23. The third kappa shape index (κ3) is 4.87. The summed E-state index contributed by atoms with van der Waals surface area (Å²) >= 11 is 0. The minimum atomic E-state index is -0.566. The highest BCUT2D eigenvalue weighted by Crippen LogP contribution is 2.39. The van der Waals surface area contributed by atoms with E-state index in [9.17, 15) is 14.4 Å². The molecular formula is C32H31N7O3. The Kier molecular flexibility index (Phi) is 7.15. The lowest BCUT2D eigenvalue weighted by molar-refractivity contribution is 0.0664. The van der Waals surface area contributed by atoms with Crippen LogP contribution in [-0.4, -0.2) is 70.7 Å². The zero-order valence-electron chi connectivity index (χ0n) is 23.2. The molecule has 0 saturated carbocycles. The number of amides is 3. The number of carbonyl (C=O) groups is 3. The second kappa shape index (κ2) is 11.1. The maximum absolute atomic E-state index is 13.3. The van der Waals surface area contributed by atoms with Crippen molar-refractivity contribution in [1.29, 1.82) is 0 Å². The van der Waals surface area contributed by atoms with Crippen LogP contribution in [0.4, 0.5) is 5.69 Å². The number of likely N-dealkylation sites (N-methyl/N-ethyl adjacent to an activating group) is 1. The molecule has 212 valence electrons. The monoisotopic (exact) mass is 561 g/mol. The summed E-state index contributed by atoms with van der Waals surface area (Å²) in [4.78, 5) is 50.1. The van der Waals surface area contributed by atoms with Gasteiger partial charge in [-0.15, -0.1) is 0 Å². The number of nitrogens with zero attached hydrogens (tertiary/aromatic N) is 3. The normalized spacial score (nSPS) is 13.9. The van der Waals surface area contributed by atoms with Crippen molar-refractivity contribution < 1.29 is 14.4 Å². The first kappa shape index (κ1) is 27.1. The Morgan fingerprint density at radius 3 is 2.40 bits per heavy atom. The largest absolute Gasteiger partial charge is 0.366 e. The number of hydrogen-bond acceptors (Lipinski definition) is 6. The summed E-state index contributed by atoms with van der Waals surface area (Å²) in [5.41, 5.74) is 17.7. The van der Waals surface area contributed by atoms with Gasteiger partial charge >= 0.3 is 0 Å². The van der Waals surface area contributed by atoms with Crippen molar-refractivity contribution in [2.45, 2.75) is 6.54 Å². The van der Waals surface area contributed by atoms with Gasteiger partial charge in [-0.1, -0.05) is 24.3 Å². The number of fused-ring (bicyclic) bond motifs is 3. The van der Waals surface area contributed by atoms with E-state index in [1.165, 1.54) is 0 Å². The number of anilines is 1. The Labute approximate surface area is 242 Å². The van der Waals surface area contributed by atoms with Crippen LogP contribution in [0.1, 0.15) is 36.6 Å². The van der Waals surface area contributed by atoms with Crippen LogP contribution >= 0.6 is 0 Å². The molecule has 0 aliphatic carbocycles. The van der Waals surface area contributed by atoms with E-state index in [4.69, 9.17) is 11.5 Å². The Morgan fingerprint density at radius 1 is 0.929 bits per heavy atom. The molecule has 0 spiro atoms. The molecule has 3 heterocycles. The average Bonchev–Trinajstić information content (AvgIpc) is 3.39. The number of aromatic amines is 1. The van der Waals surface area contributed by atoms with Gasteiger partial charge in [-0.25, -0.2) is 0 Å². The topological polar surface area (TPSA) is 150 Å². The van der Waals surface area contributed by atoms with E-state index in [0.717, 1.165) is 46.1 Å². The van der Waals surface area contributed by atoms with Crippen LogP contribution in [0.25, 0.3) is 32.9 Å². The number of pyridine rings is 1. The molecule has 3 aromatic carbocycles. The van der Waals surface area contributed by atoms with Crippen LogP contribution in [0.2, 0.25) is 0 Å². The maximum Gasteiger partial charge on any atom is 0.255 e. The van der Waals surface area contributed by atoms with Crippen LogP contribution in [0.15, 0.2) is 73.1 Å². The molecule has 0 radical (unpaired) electrons. The number of piperazine rings is 1. The van der Waals surface area contributed by atoms with Gasteiger partial charge < -0.3 is 31.6 Å². The number of aromatic nitrogens is 2. The van der Waals surface area contributed by atoms with Crippen LogP contribution < -0.4 is 16.8 Å². The zero-order chi connectivity index (χ0) is 29.4. The lowest BCUT2D eigenvalue weighted by Crippen LogP contribution is -2.47. The highest BCUT2D eigenvalue weighted by molar-refractivity contribution is 6.20. The molecule has 6 rings (SSSR count). The van der Waals surface area contributed by atoms with Gasteiger partial charge in [0.2, 0.25) is 0 Å². The number of hydrogen-bond donors (Lipinski definition) is 4. The van der Waals surface area contributed by atoms with E-state index in [0.29, 0.717) is 41.0 Å². The molecule has 2 aromatic heterocycles. The van der Waals surface area contributed by atoms with E-state index in [2.05, 4.69) is 20.2 Å². The van der Waals surface area contributed by atoms with E-state index in [-0.39, 0.29) is 18.4 Å². The fourth-order valence-corrected chi connectivity index (χ4v) is 5.64. The maximum atomic E-state index is 13.3. The fraction of sp³-hybridized carbons (Fsp3) is 0.188. The number of nitrogens with two attached hydrogens (primary N) is 2. The number of H-pyrrole nitrogens is 1. The predicted molar refractivity (Wildman–Crippen MR) is 163 cm³/mol. The fourth-order valence-electron chi connectivity index (χ4n) is 5.64. The Hall–Kier alpha value is -5.06. The Bertz CT molecular complexity index is 1840. The van der Waals surface area contributed by atoms with Gasteiger partial charge in [0.25, 0.3) is 17.7 Å². The Morgan fingerprint density at radius 2 is 1.69 bits per heavy atom. The number of carbonyl (C=O) groups excluding carboxylic acids is 3. The van der Waals surface area contributed by atoms with Gasteiger partial charge in [0.1, 0.15) is 0 Å². The van der Waals surface area contributed by atoms with E-state index < -0.39 is 5.91 Å². The molecule has 1 aliphatic heterocycles. The van der Waals surface area contributed by atoms with Crippen molar-refractivity contribution >= 4 is 45.2 Å². The second-order valence-corrected chi connectivity index (χ2v) is 10.5. The van der Waals surface area contributed by atoms with Crippen molar-refractivity contribution in [3.8, 4) is 11.1 Å². The number of benzene rings is 3. The molecule has 42 heavy (non-hydrogen) atoms. The molecule has 0 atom stereocenters. The third-order valence-electron chi connectivity index (χ3n) is 7.92. The zero-order valence-corrected chi connectivity index (χ0v) is 23.2. The SMILES string of the molecule is CN1CCN(C(=O)c2ccc3c(c2)[nH]c2c(C(N)=O)ccc(-c4cccc(NC(=O)c5ccncc5)c4CN)c23)CC1. The van der Waals surface area contributed by atoms with Crippen LogP contribution in [0.3, 0.4) is 0 Å². The van der Waals surface area contributed by atoms with Gasteiger partial charge in [0, 0.05) is 78.2 Å². The second-order valence-electron chi connectivity index (χ2n) is 10.5. The van der Waals surface area contributed by atoms with Gasteiger partial charge in [-0.05, 0) is 60.1 Å². The van der Waals surface area contributed by atoms with Crippen molar-refractivity contribution in [1.82, 2.24) is 19.8 Å². The first-order chi connectivity index (χ1) is 20.4. The summed E-state index contributed by atoms with van der Waals surface area (Å²) in [7, 11) is 2.05. The molecule has 10 nitrogen and oxygen atoms in total. The summed E-state index contributed by atoms with van der Waals surface area (Å²) in [6.07, 6.45) is 3.13. The summed E-state index contributed by atoms with van der Waals surface area (Å²) in [6.45, 7) is 3.17. The molecule has 3 amide bonds. The van der Waals surface area contributed by atoms with E-state index in [1.54, 1.807) is 30.6 Å². The Balaban J connectivity index is 1.46. The minimum absolute atomic E-state index is 0.0259. The summed E-state index contributed by atoms with van der Waals surface area (Å²) in [5, 5.41) is 4.60. The van der Waals surface area contributed by atoms with E-state index >= 15 is 0 Å². The molecular weight excluding hydrogens is 530 g/mol. The molecule has 10 heteroatoms. The lowest BCUT2D eigenvalue weighted by Gasteiger charge is -2.32. The summed E-state index contributed by atoms with van der Waals surface area (Å²) in [5.74, 6) is -0.866. The number of rotatable bonds is 6. The first-order valence-electron chi connectivity index (χ1n) is 13.8. The van der Waals surface area contributed by atoms with Gasteiger partial charge in [0.05, 0.1) is 11.1 Å². The van der Waals surface area contributed by atoms with Crippen LogP contribution in [0, 0.1) is 0 Å². The molecule has 5 aromatic rings. The van der Waals surface area contributed by atoms with Crippen molar-refractivity contribution in [2.24, 2.45) is 11.5 Å². The van der Waals surface area contributed by atoms with Crippen molar-refractivity contribution in [3.63, 3.8) is 0 Å². The molecule has 0 bridgehead atoms. The van der Waals surface area contributed by atoms with Crippen LogP contribution in [-0.2, 0) is 6.54 Å². The first-order valence-corrected chi connectivity index (χ1v) is 13.8. The van der Waals surface area contributed by atoms with Gasteiger partial charge in [-0.2, -0.15) is 0 Å². The van der Waals surface area contributed by atoms with Crippen LogP contribution in [0.5, 0.6) is 0 Å². The quantitative estimate of drug-likeness (QED) is 0.249.